The number of amides is 1. The van der Waals surface area contributed by atoms with Crippen LogP contribution in [0.1, 0.15) is 42.1 Å². The predicted molar refractivity (Wildman–Crippen MR) is 122 cm³/mol. The lowest BCUT2D eigenvalue weighted by Gasteiger charge is -2.24. The lowest BCUT2D eigenvalue weighted by molar-refractivity contribution is -0.131. The molecule has 0 aliphatic carbocycles. The highest BCUT2D eigenvalue weighted by atomic mass is 32.1. The molecule has 8 heteroatoms. The topological polar surface area (TPSA) is 86.8 Å². The molecule has 0 bridgehead atoms. The summed E-state index contributed by atoms with van der Waals surface area (Å²) in [7, 11) is 0. The Bertz CT molecular complexity index is 1220. The Kier molecular flexibility index (Phi) is 5.38. The van der Waals surface area contributed by atoms with E-state index >= 15 is 0 Å². The second kappa shape index (κ2) is 8.47. The van der Waals surface area contributed by atoms with Crippen molar-refractivity contribution in [2.75, 3.05) is 11.9 Å². The van der Waals surface area contributed by atoms with Crippen LogP contribution in [0.4, 0.5) is 10.9 Å². The van der Waals surface area contributed by atoms with Gasteiger partial charge in [0.2, 0.25) is 11.0 Å². The molecular formula is C23H24N6OS. The van der Waals surface area contributed by atoms with Crippen LogP contribution in [0, 0.1) is 0 Å². The third kappa shape index (κ3) is 4.03. The quantitative estimate of drug-likeness (QED) is 0.464. The second-order valence-electron chi connectivity index (χ2n) is 7.71. The number of fused-ring (bicyclic) bond motifs is 1. The zero-order chi connectivity index (χ0) is 21.2. The number of rotatable bonds is 6. The first kappa shape index (κ1) is 19.7. The van der Waals surface area contributed by atoms with Crippen LogP contribution in [0.25, 0.3) is 10.9 Å². The number of aromatic nitrogens is 4. The minimum Gasteiger partial charge on any atom is -0.361 e. The molecule has 0 saturated carbocycles. The number of carbonyl (C=O) groups is 1. The van der Waals surface area contributed by atoms with Gasteiger partial charge in [0.25, 0.3) is 0 Å². The lowest BCUT2D eigenvalue weighted by Crippen LogP contribution is -2.32. The number of H-pyrrole nitrogens is 1. The number of aryl methyl sites for hydroxylation is 1. The van der Waals surface area contributed by atoms with Crippen LogP contribution in [-0.4, -0.2) is 37.5 Å². The van der Waals surface area contributed by atoms with Crippen molar-refractivity contribution >= 4 is 39.1 Å². The van der Waals surface area contributed by atoms with E-state index < -0.39 is 0 Å². The summed E-state index contributed by atoms with van der Waals surface area (Å²) in [5.41, 5.74) is 3.01. The summed E-state index contributed by atoms with van der Waals surface area (Å²) >= 11 is 1.53. The van der Waals surface area contributed by atoms with Gasteiger partial charge in [0.15, 0.2) is 0 Å². The largest absolute Gasteiger partial charge is 0.361 e. The molecular weight excluding hydrogens is 408 g/mol. The molecule has 1 aromatic carbocycles. The number of para-hydroxylation sites is 1. The molecule has 31 heavy (non-hydrogen) atoms. The first-order valence-corrected chi connectivity index (χ1v) is 11.4. The molecule has 1 amide bonds. The summed E-state index contributed by atoms with van der Waals surface area (Å²) in [5.74, 6) is 0.872. The maximum atomic E-state index is 13.2. The molecule has 3 aromatic heterocycles. The van der Waals surface area contributed by atoms with E-state index in [9.17, 15) is 4.79 Å². The Balaban J connectivity index is 1.33. The van der Waals surface area contributed by atoms with Crippen LogP contribution >= 0.6 is 11.3 Å². The number of pyridine rings is 1. The highest BCUT2D eigenvalue weighted by Gasteiger charge is 2.31. The Morgan fingerprint density at radius 2 is 2.13 bits per heavy atom. The van der Waals surface area contributed by atoms with Crippen LogP contribution in [0.2, 0.25) is 0 Å². The predicted octanol–water partition coefficient (Wildman–Crippen LogP) is 4.63. The highest BCUT2D eigenvalue weighted by molar-refractivity contribution is 7.15. The summed E-state index contributed by atoms with van der Waals surface area (Å²) < 4.78 is 0. The maximum absolute atomic E-state index is 13.2. The Hall–Kier alpha value is -3.26. The normalized spacial score (nSPS) is 16.2. The summed E-state index contributed by atoms with van der Waals surface area (Å²) in [6.07, 6.45) is 5.11. The van der Waals surface area contributed by atoms with E-state index in [4.69, 9.17) is 4.98 Å². The minimum absolute atomic E-state index is 0.0000729. The van der Waals surface area contributed by atoms with Gasteiger partial charge < -0.3 is 15.2 Å². The standard InChI is InChI=1S/C23H24N6OS/c1-2-21-27-28-23(31-21)26-20-11-5-9-18(25-20)19-10-6-12-29(19)22(30)13-15-14-24-17-8-4-3-7-16(15)17/h3-5,7-9,11,14,19,24H,2,6,10,12-13H2,1H3,(H,25,26,28). The van der Waals surface area contributed by atoms with E-state index in [1.807, 2.05) is 47.5 Å². The van der Waals surface area contributed by atoms with E-state index in [-0.39, 0.29) is 11.9 Å². The van der Waals surface area contributed by atoms with Crippen LogP contribution < -0.4 is 5.32 Å². The third-order valence-corrected chi connectivity index (χ3v) is 6.69. The Labute approximate surface area is 184 Å². The van der Waals surface area contributed by atoms with Crippen molar-refractivity contribution in [3.05, 3.63) is 64.9 Å². The molecule has 1 unspecified atom stereocenters. The van der Waals surface area contributed by atoms with Gasteiger partial charge >= 0.3 is 0 Å². The smallest absolute Gasteiger partial charge is 0.227 e. The van der Waals surface area contributed by atoms with Crippen LogP contribution in [0.3, 0.4) is 0 Å². The van der Waals surface area contributed by atoms with Crippen molar-refractivity contribution < 1.29 is 4.79 Å². The van der Waals surface area contributed by atoms with Crippen molar-refractivity contribution in [1.82, 2.24) is 25.1 Å². The van der Waals surface area contributed by atoms with Crippen LogP contribution in [0.15, 0.2) is 48.7 Å². The fourth-order valence-corrected chi connectivity index (χ4v) is 4.86. The van der Waals surface area contributed by atoms with Crippen molar-refractivity contribution in [3.8, 4) is 0 Å². The molecule has 1 aliphatic heterocycles. The first-order valence-electron chi connectivity index (χ1n) is 10.6. The molecule has 1 fully saturated rings. The van der Waals surface area contributed by atoms with E-state index in [0.29, 0.717) is 6.42 Å². The average Bonchev–Trinajstić information content (AvgIpc) is 3.54. The van der Waals surface area contributed by atoms with Gasteiger partial charge in [0, 0.05) is 23.6 Å². The summed E-state index contributed by atoms with van der Waals surface area (Å²) in [4.78, 5) is 23.2. The number of benzene rings is 1. The van der Waals surface area contributed by atoms with Gasteiger partial charge in [-0.25, -0.2) is 4.98 Å². The van der Waals surface area contributed by atoms with E-state index in [2.05, 4.69) is 33.5 Å². The SMILES string of the molecule is CCc1nnc(Nc2cccc(C3CCCN3C(=O)Cc3c[nH]c4ccccc34)n2)s1. The fraction of sp³-hybridized carbons (Fsp3) is 0.304. The van der Waals surface area contributed by atoms with E-state index in [1.165, 1.54) is 11.3 Å². The zero-order valence-electron chi connectivity index (χ0n) is 17.3. The van der Waals surface area contributed by atoms with Crippen molar-refractivity contribution in [1.29, 1.82) is 0 Å². The first-order chi connectivity index (χ1) is 15.2. The summed E-state index contributed by atoms with van der Waals surface area (Å²) in [6.45, 7) is 2.83. The third-order valence-electron chi connectivity index (χ3n) is 5.71. The minimum atomic E-state index is 0.0000729. The number of nitrogens with one attached hydrogen (secondary N) is 2. The summed E-state index contributed by atoms with van der Waals surface area (Å²) in [6, 6.07) is 14.0. The van der Waals surface area contributed by atoms with Crippen LogP contribution in [0.5, 0.6) is 0 Å². The molecule has 0 radical (unpaired) electrons. The van der Waals surface area contributed by atoms with Gasteiger partial charge in [0.05, 0.1) is 18.2 Å². The molecule has 158 valence electrons. The molecule has 1 atom stereocenters. The molecule has 1 saturated heterocycles. The average molecular weight is 433 g/mol. The molecule has 1 aliphatic rings. The van der Waals surface area contributed by atoms with Gasteiger partial charge in [-0.2, -0.15) is 0 Å². The Morgan fingerprint density at radius 3 is 3.00 bits per heavy atom. The number of carbonyl (C=O) groups excluding carboxylic acids is 1. The lowest BCUT2D eigenvalue weighted by atomic mass is 10.1. The molecule has 4 heterocycles. The van der Waals surface area contributed by atoms with Gasteiger partial charge in [-0.15, -0.1) is 10.2 Å². The second-order valence-corrected chi connectivity index (χ2v) is 8.77. The monoisotopic (exact) mass is 432 g/mol. The molecule has 4 aromatic rings. The van der Waals surface area contributed by atoms with Crippen LogP contribution in [-0.2, 0) is 17.6 Å². The fourth-order valence-electron chi connectivity index (χ4n) is 4.18. The zero-order valence-corrected chi connectivity index (χ0v) is 18.2. The number of likely N-dealkylation sites (tertiary alicyclic amines) is 1. The number of hydrogen-bond acceptors (Lipinski definition) is 6. The number of hydrogen-bond donors (Lipinski definition) is 2. The van der Waals surface area contributed by atoms with Crippen molar-refractivity contribution in [2.24, 2.45) is 0 Å². The molecule has 2 N–H and O–H groups in total. The van der Waals surface area contributed by atoms with E-state index in [1.54, 1.807) is 0 Å². The van der Waals surface area contributed by atoms with Gasteiger partial charge in [-0.3, -0.25) is 4.79 Å². The molecule has 5 rings (SSSR count). The molecule has 0 spiro atoms. The number of anilines is 2. The van der Waals surface area contributed by atoms with Crippen molar-refractivity contribution in [2.45, 2.75) is 38.6 Å². The van der Waals surface area contributed by atoms with Gasteiger partial charge in [-0.1, -0.05) is 42.5 Å². The van der Waals surface area contributed by atoms with Gasteiger partial charge in [-0.05, 0) is 43.0 Å². The number of nitrogens with zero attached hydrogens (tertiary/aromatic N) is 4. The van der Waals surface area contributed by atoms with Gasteiger partial charge in [0.1, 0.15) is 10.8 Å². The van der Waals surface area contributed by atoms with E-state index in [0.717, 1.165) is 63.9 Å². The maximum Gasteiger partial charge on any atom is 0.227 e. The highest BCUT2D eigenvalue weighted by Crippen LogP contribution is 2.33. The number of aromatic amines is 1. The Morgan fingerprint density at radius 1 is 1.23 bits per heavy atom. The van der Waals surface area contributed by atoms with Crippen molar-refractivity contribution in [3.63, 3.8) is 0 Å². The molecule has 7 nitrogen and oxygen atoms in total. The summed E-state index contributed by atoms with van der Waals surface area (Å²) in [5, 5.41) is 14.4.